The Balaban J connectivity index is 2.43. The predicted octanol–water partition coefficient (Wildman–Crippen LogP) is -0.363. The van der Waals surface area contributed by atoms with Crippen molar-refractivity contribution in [3.05, 3.63) is 30.1 Å². The third kappa shape index (κ3) is 3.25. The summed E-state index contributed by atoms with van der Waals surface area (Å²) in [5, 5.41) is 3.24. The summed E-state index contributed by atoms with van der Waals surface area (Å²) in [6.07, 6.45) is 1.30. The summed E-state index contributed by atoms with van der Waals surface area (Å²) in [5.74, 6) is 0. The quantitative estimate of drug-likeness (QED) is 0.311. The lowest BCUT2D eigenvalue weighted by Crippen LogP contribution is -2.47. The molecule has 14 heavy (non-hydrogen) atoms. The molecule has 1 unspecified atom stereocenters. The number of hydrazine groups is 1. The van der Waals surface area contributed by atoms with Gasteiger partial charge in [0.05, 0.1) is 5.69 Å². The zero-order chi connectivity index (χ0) is 10.4. The highest BCUT2D eigenvalue weighted by molar-refractivity contribution is 7.80. The topological polar surface area (TPSA) is 75.0 Å². The van der Waals surface area contributed by atoms with E-state index >= 15 is 0 Å². The molecule has 0 saturated heterocycles. The van der Waals surface area contributed by atoms with Crippen LogP contribution in [0, 0.1) is 0 Å². The van der Waals surface area contributed by atoms with Crippen LogP contribution in [0.25, 0.3) is 0 Å². The largest absolute Gasteiger partial charge is 0.365 e. The fourth-order valence-electron chi connectivity index (χ4n) is 0.840. The third-order valence-electron chi connectivity index (χ3n) is 1.57. The Labute approximate surface area is 88.1 Å². The second kappa shape index (κ2) is 5.48. The first-order valence-electron chi connectivity index (χ1n) is 4.14. The normalized spacial score (nSPS) is 11.9. The first-order valence-corrected chi connectivity index (χ1v) is 4.54. The van der Waals surface area contributed by atoms with E-state index in [0.29, 0.717) is 5.11 Å². The molecule has 0 aromatic carbocycles. The third-order valence-corrected chi connectivity index (χ3v) is 1.88. The van der Waals surface area contributed by atoms with Crippen LogP contribution in [0.5, 0.6) is 0 Å². The van der Waals surface area contributed by atoms with Crippen molar-refractivity contribution >= 4 is 17.3 Å². The molecule has 0 saturated carbocycles. The monoisotopic (exact) mass is 211 g/mol. The Hall–Kier alpha value is -1.24. The van der Waals surface area contributed by atoms with Gasteiger partial charge in [0.15, 0.2) is 5.11 Å². The number of aromatic nitrogens is 1. The van der Waals surface area contributed by atoms with Crippen molar-refractivity contribution in [3.63, 3.8) is 0 Å². The summed E-state index contributed by atoms with van der Waals surface area (Å²) in [6.45, 7) is 0. The van der Waals surface area contributed by atoms with E-state index in [1.807, 2.05) is 18.2 Å². The minimum Gasteiger partial charge on any atom is -0.365 e. The van der Waals surface area contributed by atoms with E-state index in [1.54, 1.807) is 13.2 Å². The first-order chi connectivity index (χ1) is 6.74. The summed E-state index contributed by atoms with van der Waals surface area (Å²) in [7, 11) is 1.73. The van der Waals surface area contributed by atoms with Crippen LogP contribution in [0.1, 0.15) is 11.9 Å². The molecule has 76 valence electrons. The van der Waals surface area contributed by atoms with Gasteiger partial charge in [0.1, 0.15) is 6.17 Å². The molecule has 0 amide bonds. The molecular weight excluding hydrogens is 198 g/mol. The van der Waals surface area contributed by atoms with Crippen LogP contribution in [0.4, 0.5) is 0 Å². The fourth-order valence-corrected chi connectivity index (χ4v) is 0.899. The van der Waals surface area contributed by atoms with Crippen molar-refractivity contribution in [1.82, 2.24) is 21.2 Å². The minimum absolute atomic E-state index is 0.387. The van der Waals surface area contributed by atoms with E-state index in [4.69, 9.17) is 18.0 Å². The number of hydrogen-bond donors (Lipinski definition) is 4. The van der Waals surface area contributed by atoms with Crippen LogP contribution in [0.2, 0.25) is 0 Å². The zero-order valence-electron chi connectivity index (χ0n) is 7.82. The van der Waals surface area contributed by atoms with Crippen LogP contribution in [-0.2, 0) is 0 Å². The summed E-state index contributed by atoms with van der Waals surface area (Å²) in [6, 6.07) is 5.55. The highest BCUT2D eigenvalue weighted by Crippen LogP contribution is 2.00. The average molecular weight is 211 g/mol. The molecule has 1 heterocycles. The molecule has 0 aliphatic carbocycles. The zero-order valence-corrected chi connectivity index (χ0v) is 8.64. The van der Waals surface area contributed by atoms with Crippen LogP contribution in [-0.4, -0.2) is 17.1 Å². The number of nitrogens with zero attached hydrogens (tertiary/aromatic N) is 1. The molecule has 0 fully saturated rings. The number of rotatable bonds is 3. The van der Waals surface area contributed by atoms with E-state index in [9.17, 15) is 0 Å². The van der Waals surface area contributed by atoms with Crippen LogP contribution >= 0.6 is 12.2 Å². The molecule has 0 bridgehead atoms. The molecular formula is C8H13N5S. The molecule has 5 nitrogen and oxygen atoms in total. The van der Waals surface area contributed by atoms with Gasteiger partial charge < -0.3 is 11.1 Å². The molecule has 0 radical (unpaired) electrons. The second-order valence-electron chi connectivity index (χ2n) is 2.58. The van der Waals surface area contributed by atoms with Gasteiger partial charge in [-0.3, -0.25) is 10.4 Å². The molecule has 6 heteroatoms. The molecule has 0 aliphatic rings. The Morgan fingerprint density at radius 3 is 2.93 bits per heavy atom. The SMILES string of the molecule is CNC(=S)NNC(N)c1ccccn1. The lowest BCUT2D eigenvalue weighted by molar-refractivity contribution is 0.510. The summed E-state index contributed by atoms with van der Waals surface area (Å²) < 4.78 is 0. The second-order valence-corrected chi connectivity index (χ2v) is 2.99. The minimum atomic E-state index is -0.387. The van der Waals surface area contributed by atoms with Gasteiger partial charge in [-0.15, -0.1) is 0 Å². The van der Waals surface area contributed by atoms with Crippen LogP contribution in [0.15, 0.2) is 24.4 Å². The highest BCUT2D eigenvalue weighted by Gasteiger charge is 2.04. The number of thiocarbonyl (C=S) groups is 1. The van der Waals surface area contributed by atoms with Crippen molar-refractivity contribution in [2.24, 2.45) is 5.73 Å². The summed E-state index contributed by atoms with van der Waals surface area (Å²) in [5.41, 5.74) is 12.1. The van der Waals surface area contributed by atoms with Crippen molar-refractivity contribution < 1.29 is 0 Å². The molecule has 1 aromatic heterocycles. The molecule has 1 atom stereocenters. The molecule has 0 aliphatic heterocycles. The van der Waals surface area contributed by atoms with Gasteiger partial charge in [0.25, 0.3) is 0 Å². The van der Waals surface area contributed by atoms with Gasteiger partial charge >= 0.3 is 0 Å². The van der Waals surface area contributed by atoms with Gasteiger partial charge in [0.2, 0.25) is 0 Å². The molecule has 5 N–H and O–H groups in total. The van der Waals surface area contributed by atoms with Crippen molar-refractivity contribution in [3.8, 4) is 0 Å². The number of nitrogens with one attached hydrogen (secondary N) is 3. The van der Waals surface area contributed by atoms with Crippen molar-refractivity contribution in [2.75, 3.05) is 7.05 Å². The van der Waals surface area contributed by atoms with Gasteiger partial charge in [-0.2, -0.15) is 0 Å². The van der Waals surface area contributed by atoms with Gasteiger partial charge in [-0.25, -0.2) is 5.43 Å². The first kappa shape index (κ1) is 10.8. The van der Waals surface area contributed by atoms with Crippen molar-refractivity contribution in [2.45, 2.75) is 6.17 Å². The van der Waals surface area contributed by atoms with Crippen molar-refractivity contribution in [1.29, 1.82) is 0 Å². The Bertz CT molecular complexity index is 289. The average Bonchev–Trinajstić information content (AvgIpc) is 2.26. The molecule has 1 rings (SSSR count). The summed E-state index contributed by atoms with van der Waals surface area (Å²) in [4.78, 5) is 4.09. The summed E-state index contributed by atoms with van der Waals surface area (Å²) >= 11 is 4.86. The van der Waals surface area contributed by atoms with Crippen LogP contribution in [0.3, 0.4) is 0 Å². The van der Waals surface area contributed by atoms with E-state index in [1.165, 1.54) is 0 Å². The van der Waals surface area contributed by atoms with Gasteiger partial charge in [0, 0.05) is 13.2 Å². The maximum atomic E-state index is 5.77. The van der Waals surface area contributed by atoms with Crippen LogP contribution < -0.4 is 21.9 Å². The Morgan fingerprint density at radius 2 is 2.36 bits per heavy atom. The van der Waals surface area contributed by atoms with Gasteiger partial charge in [-0.05, 0) is 24.4 Å². The number of hydrogen-bond acceptors (Lipinski definition) is 4. The lowest BCUT2D eigenvalue weighted by atomic mass is 10.3. The fraction of sp³-hybridized carbons (Fsp3) is 0.250. The van der Waals surface area contributed by atoms with Gasteiger partial charge in [-0.1, -0.05) is 6.07 Å². The highest BCUT2D eigenvalue weighted by atomic mass is 32.1. The Morgan fingerprint density at radius 1 is 1.57 bits per heavy atom. The van der Waals surface area contributed by atoms with E-state index in [2.05, 4.69) is 21.2 Å². The maximum absolute atomic E-state index is 5.77. The number of pyridine rings is 1. The molecule has 1 aromatic rings. The predicted molar refractivity (Wildman–Crippen MR) is 59.1 cm³/mol. The van der Waals surface area contributed by atoms with E-state index < -0.39 is 0 Å². The number of nitrogens with two attached hydrogens (primary N) is 1. The Kier molecular flexibility index (Phi) is 4.24. The smallest absolute Gasteiger partial charge is 0.180 e. The molecule has 0 spiro atoms. The van der Waals surface area contributed by atoms with E-state index in [-0.39, 0.29) is 6.17 Å². The standard InChI is InChI=1S/C8H13N5S/c1-10-8(14)13-12-7(9)6-4-2-3-5-11-6/h2-5,7,12H,9H2,1H3,(H2,10,13,14). The maximum Gasteiger partial charge on any atom is 0.180 e. The van der Waals surface area contributed by atoms with E-state index in [0.717, 1.165) is 5.69 Å². The lowest BCUT2D eigenvalue weighted by Gasteiger charge is -2.14.